The molecule has 2 rings (SSSR count). The lowest BCUT2D eigenvalue weighted by Gasteiger charge is -2.29. The third-order valence-electron chi connectivity index (χ3n) is 3.33. The Kier molecular flexibility index (Phi) is 11.0. The number of likely N-dealkylation sites (N-methyl/N-ethyl adjacent to an activating group) is 1. The van der Waals surface area contributed by atoms with Crippen LogP contribution in [0.4, 0.5) is 0 Å². The second-order valence-corrected chi connectivity index (χ2v) is 5.76. The predicted molar refractivity (Wildman–Crippen MR) is 89.3 cm³/mol. The van der Waals surface area contributed by atoms with Crippen molar-refractivity contribution in [3.63, 3.8) is 0 Å². The molecule has 1 aliphatic rings. The number of halogens is 2. The Morgan fingerprint density at radius 2 is 2.00 bits per heavy atom. The second-order valence-electron chi connectivity index (χ2n) is 4.72. The molecule has 1 fully saturated rings. The highest BCUT2D eigenvalue weighted by Crippen LogP contribution is 2.09. The van der Waals surface area contributed by atoms with Gasteiger partial charge in [-0.05, 0) is 24.9 Å². The van der Waals surface area contributed by atoms with Crippen LogP contribution in [-0.4, -0.2) is 62.7 Å². The molecule has 3 nitrogen and oxygen atoms in total. The fraction of sp³-hybridized carbons (Fsp3) is 0.692. The fourth-order valence-electron chi connectivity index (χ4n) is 2.11. The summed E-state index contributed by atoms with van der Waals surface area (Å²) in [4.78, 5) is 6.50. The lowest BCUT2D eigenvalue weighted by molar-refractivity contribution is 0.206. The van der Waals surface area contributed by atoms with Crippen molar-refractivity contribution in [2.75, 3.05) is 52.9 Å². The summed E-state index contributed by atoms with van der Waals surface area (Å²) < 4.78 is 0. The van der Waals surface area contributed by atoms with Gasteiger partial charge in [-0.15, -0.1) is 36.2 Å². The maximum absolute atomic E-state index is 3.39. The average Bonchev–Trinajstić information content (AvgIpc) is 2.88. The van der Waals surface area contributed by atoms with Gasteiger partial charge in [-0.25, -0.2) is 0 Å². The number of piperazine rings is 1. The van der Waals surface area contributed by atoms with E-state index in [4.69, 9.17) is 0 Å². The molecular weight excluding hydrogens is 301 g/mol. The third kappa shape index (κ3) is 7.49. The van der Waals surface area contributed by atoms with Gasteiger partial charge in [0.2, 0.25) is 0 Å². The Bertz CT molecular complexity index is 303. The maximum Gasteiger partial charge on any atom is 0.0110 e. The minimum atomic E-state index is 0. The molecule has 6 heteroatoms. The van der Waals surface area contributed by atoms with Crippen LogP contribution < -0.4 is 5.32 Å². The van der Waals surface area contributed by atoms with Crippen molar-refractivity contribution in [2.24, 2.45) is 0 Å². The molecule has 1 aromatic rings. The largest absolute Gasteiger partial charge is 0.314 e. The summed E-state index contributed by atoms with van der Waals surface area (Å²) in [5, 5.41) is 5.55. The van der Waals surface area contributed by atoms with Crippen molar-refractivity contribution < 1.29 is 0 Å². The van der Waals surface area contributed by atoms with Crippen molar-refractivity contribution in [3.8, 4) is 0 Å². The molecule has 0 aliphatic carbocycles. The summed E-state index contributed by atoms with van der Waals surface area (Å²) in [7, 11) is 2.23. The van der Waals surface area contributed by atoms with Crippen LogP contribution in [0, 0.1) is 0 Å². The minimum absolute atomic E-state index is 0. The van der Waals surface area contributed by atoms with Crippen molar-refractivity contribution in [2.45, 2.75) is 6.42 Å². The fourth-order valence-corrected chi connectivity index (χ4v) is 2.81. The number of hydrogen-bond acceptors (Lipinski definition) is 4. The summed E-state index contributed by atoms with van der Waals surface area (Å²) >= 11 is 1.87. The van der Waals surface area contributed by atoms with Gasteiger partial charge in [-0.3, -0.25) is 4.90 Å². The average molecular weight is 326 g/mol. The monoisotopic (exact) mass is 325 g/mol. The standard InChI is InChI=1S/C13H23N3S.2ClH/c1-15(7-4-13-3-2-12-17-13)10-11-16-8-5-14-6-9-16;;/h2-3,12,14H,4-11H2,1H3;2*1H. The van der Waals surface area contributed by atoms with Crippen molar-refractivity contribution in [1.82, 2.24) is 15.1 Å². The molecule has 2 heterocycles. The zero-order chi connectivity index (χ0) is 11.9. The summed E-state index contributed by atoms with van der Waals surface area (Å²) in [6.45, 7) is 8.29. The Morgan fingerprint density at radius 1 is 1.26 bits per heavy atom. The molecule has 112 valence electrons. The van der Waals surface area contributed by atoms with Crippen LogP contribution in [0.3, 0.4) is 0 Å². The first-order valence-corrected chi connectivity index (χ1v) is 7.36. The zero-order valence-electron chi connectivity index (χ0n) is 11.5. The summed E-state index contributed by atoms with van der Waals surface area (Å²) in [6, 6.07) is 4.37. The molecule has 1 aliphatic heterocycles. The van der Waals surface area contributed by atoms with E-state index in [0.29, 0.717) is 0 Å². The van der Waals surface area contributed by atoms with Crippen LogP contribution in [0.1, 0.15) is 4.88 Å². The van der Waals surface area contributed by atoms with Gasteiger partial charge >= 0.3 is 0 Å². The molecule has 1 N–H and O–H groups in total. The van der Waals surface area contributed by atoms with Gasteiger partial charge in [0, 0.05) is 50.7 Å². The van der Waals surface area contributed by atoms with Gasteiger partial charge in [0.1, 0.15) is 0 Å². The highest BCUT2D eigenvalue weighted by molar-refractivity contribution is 7.09. The number of hydrogen-bond donors (Lipinski definition) is 1. The van der Waals surface area contributed by atoms with E-state index in [0.717, 1.165) is 13.1 Å². The molecule has 0 atom stereocenters. The van der Waals surface area contributed by atoms with E-state index >= 15 is 0 Å². The van der Waals surface area contributed by atoms with Gasteiger partial charge in [0.15, 0.2) is 0 Å². The smallest absolute Gasteiger partial charge is 0.0110 e. The molecular formula is C13H25Cl2N3S. The van der Waals surface area contributed by atoms with Crippen LogP contribution in [0.5, 0.6) is 0 Å². The number of thiophene rings is 1. The van der Waals surface area contributed by atoms with Gasteiger partial charge < -0.3 is 10.2 Å². The van der Waals surface area contributed by atoms with E-state index in [1.807, 2.05) is 11.3 Å². The van der Waals surface area contributed by atoms with Crippen molar-refractivity contribution in [3.05, 3.63) is 22.4 Å². The summed E-state index contributed by atoms with van der Waals surface area (Å²) in [5.74, 6) is 0. The molecule has 0 aromatic carbocycles. The van der Waals surface area contributed by atoms with E-state index < -0.39 is 0 Å². The van der Waals surface area contributed by atoms with Gasteiger partial charge in [-0.1, -0.05) is 6.07 Å². The van der Waals surface area contributed by atoms with E-state index in [1.54, 1.807) is 0 Å². The Labute approximate surface area is 133 Å². The summed E-state index contributed by atoms with van der Waals surface area (Å²) in [6.07, 6.45) is 1.19. The first-order chi connectivity index (χ1) is 8.34. The second kappa shape index (κ2) is 10.9. The van der Waals surface area contributed by atoms with Crippen molar-refractivity contribution in [1.29, 1.82) is 0 Å². The van der Waals surface area contributed by atoms with E-state index in [9.17, 15) is 0 Å². The first kappa shape index (κ1) is 19.2. The minimum Gasteiger partial charge on any atom is -0.314 e. The number of nitrogens with zero attached hydrogens (tertiary/aromatic N) is 2. The highest BCUT2D eigenvalue weighted by Gasteiger charge is 2.09. The molecule has 0 spiro atoms. The van der Waals surface area contributed by atoms with E-state index in [2.05, 4.69) is 39.7 Å². The quantitative estimate of drug-likeness (QED) is 0.862. The van der Waals surface area contributed by atoms with Crippen LogP contribution >= 0.6 is 36.2 Å². The Hall–Kier alpha value is 0.160. The molecule has 1 aromatic heterocycles. The van der Waals surface area contributed by atoms with E-state index in [1.165, 1.54) is 44.0 Å². The first-order valence-electron chi connectivity index (χ1n) is 6.48. The SMILES string of the molecule is CN(CCc1cccs1)CCN1CCNCC1.Cl.Cl. The Morgan fingerprint density at radius 3 is 2.63 bits per heavy atom. The summed E-state index contributed by atoms with van der Waals surface area (Å²) in [5.41, 5.74) is 0. The van der Waals surface area contributed by atoms with E-state index in [-0.39, 0.29) is 24.8 Å². The molecule has 19 heavy (non-hydrogen) atoms. The third-order valence-corrected chi connectivity index (χ3v) is 4.26. The molecule has 0 bridgehead atoms. The van der Waals surface area contributed by atoms with Crippen LogP contribution in [0.2, 0.25) is 0 Å². The molecule has 1 saturated heterocycles. The van der Waals surface area contributed by atoms with Crippen LogP contribution in [0.15, 0.2) is 17.5 Å². The molecule has 0 saturated carbocycles. The topological polar surface area (TPSA) is 18.5 Å². The normalized spacial score (nSPS) is 15.9. The molecule has 0 amide bonds. The van der Waals surface area contributed by atoms with Gasteiger partial charge in [0.05, 0.1) is 0 Å². The predicted octanol–water partition coefficient (Wildman–Crippen LogP) is 1.97. The number of nitrogens with one attached hydrogen (secondary N) is 1. The van der Waals surface area contributed by atoms with Gasteiger partial charge in [0.25, 0.3) is 0 Å². The highest BCUT2D eigenvalue weighted by atomic mass is 35.5. The maximum atomic E-state index is 3.39. The van der Waals surface area contributed by atoms with Gasteiger partial charge in [-0.2, -0.15) is 0 Å². The zero-order valence-corrected chi connectivity index (χ0v) is 14.0. The van der Waals surface area contributed by atoms with Crippen molar-refractivity contribution >= 4 is 36.2 Å². The molecule has 0 unspecified atom stereocenters. The Balaban J connectivity index is 0.00000162. The lowest BCUT2D eigenvalue weighted by Crippen LogP contribution is -2.46. The lowest BCUT2D eigenvalue weighted by atomic mass is 10.3. The number of rotatable bonds is 6. The van der Waals surface area contributed by atoms with Crippen LogP contribution in [-0.2, 0) is 6.42 Å². The van der Waals surface area contributed by atoms with Crippen LogP contribution in [0.25, 0.3) is 0 Å². The molecule has 0 radical (unpaired) electrons.